The summed E-state index contributed by atoms with van der Waals surface area (Å²) < 4.78 is 7.32. The summed E-state index contributed by atoms with van der Waals surface area (Å²) in [5.41, 5.74) is 4.53. The summed E-state index contributed by atoms with van der Waals surface area (Å²) in [4.78, 5) is 31.7. The number of hydrogen-bond donors (Lipinski definition) is 2. The highest BCUT2D eigenvalue weighted by atomic mass is 16.5. The maximum atomic E-state index is 12.6. The highest BCUT2D eigenvalue weighted by Crippen LogP contribution is 2.37. The topological polar surface area (TPSA) is 96.7 Å². The number of fused-ring (bicyclic) bond motifs is 3. The van der Waals surface area contributed by atoms with Gasteiger partial charge in [-0.1, -0.05) is 30.3 Å². The molecule has 8 nitrogen and oxygen atoms in total. The van der Waals surface area contributed by atoms with Crippen LogP contribution in [0.15, 0.2) is 42.5 Å². The number of nitrogens with zero attached hydrogens (tertiary/aromatic N) is 3. The number of nitrogens with one attached hydrogen (secondary N) is 1. The number of imidazole rings is 1. The zero-order valence-electron chi connectivity index (χ0n) is 20.9. The maximum absolute atomic E-state index is 12.6. The smallest absolute Gasteiger partial charge is 0.414 e. The van der Waals surface area contributed by atoms with Crippen LogP contribution in [-0.2, 0) is 28.9 Å². The van der Waals surface area contributed by atoms with Crippen LogP contribution in [0, 0.1) is 5.92 Å². The van der Waals surface area contributed by atoms with E-state index in [-0.39, 0.29) is 12.1 Å². The number of piperidine rings is 1. The number of rotatable bonds is 6. The van der Waals surface area contributed by atoms with Crippen LogP contribution < -0.4 is 10.2 Å². The summed E-state index contributed by atoms with van der Waals surface area (Å²) in [6.45, 7) is 4.83. The second-order valence-corrected chi connectivity index (χ2v) is 10.00. The molecule has 0 unspecified atom stereocenters. The molecule has 0 spiro atoms. The van der Waals surface area contributed by atoms with E-state index in [1.807, 2.05) is 49.4 Å². The Kier molecular flexibility index (Phi) is 6.96. The van der Waals surface area contributed by atoms with Crippen molar-refractivity contribution in [2.24, 2.45) is 5.92 Å². The lowest BCUT2D eigenvalue weighted by atomic mass is 9.95. The van der Waals surface area contributed by atoms with Crippen LogP contribution in [0.4, 0.5) is 10.5 Å². The fraction of sp³-hybridized carbons (Fsp3) is 0.464. The molecule has 8 heteroatoms. The van der Waals surface area contributed by atoms with Gasteiger partial charge in [-0.05, 0) is 69.3 Å². The Bertz CT molecular complexity index is 1250. The standard InChI is InChI=1S/C28H34N4O4/c1-18-8-9-21-23(32(18)28(35)36-2)10-11-24-26(21)30-25(31(24)17-19-12-14-29-15-13-19)16-22(27(33)34)20-6-4-3-5-7-20/h3-7,10-11,18-19,22,29H,8-9,12-17H2,1-2H3,(H,33,34)/t18-,22-/m0/s1. The second kappa shape index (κ2) is 10.3. The van der Waals surface area contributed by atoms with Crippen molar-refractivity contribution in [3.05, 3.63) is 59.4 Å². The molecule has 5 rings (SSSR count). The van der Waals surface area contributed by atoms with Gasteiger partial charge in [0.1, 0.15) is 5.82 Å². The third-order valence-corrected chi connectivity index (χ3v) is 7.75. The van der Waals surface area contributed by atoms with Crippen molar-refractivity contribution >= 4 is 28.8 Å². The molecule has 0 bridgehead atoms. The fourth-order valence-corrected chi connectivity index (χ4v) is 5.75. The van der Waals surface area contributed by atoms with Gasteiger partial charge in [0.15, 0.2) is 0 Å². The summed E-state index contributed by atoms with van der Waals surface area (Å²) in [5.74, 6) is -0.243. The highest BCUT2D eigenvalue weighted by Gasteiger charge is 2.32. The Balaban J connectivity index is 1.61. The average Bonchev–Trinajstić information content (AvgIpc) is 3.24. The van der Waals surface area contributed by atoms with Crippen molar-refractivity contribution in [1.82, 2.24) is 14.9 Å². The molecular formula is C28H34N4O4. The third kappa shape index (κ3) is 4.57. The van der Waals surface area contributed by atoms with Crippen molar-refractivity contribution in [2.75, 3.05) is 25.1 Å². The van der Waals surface area contributed by atoms with Crippen LogP contribution in [0.3, 0.4) is 0 Å². The number of amides is 1. The lowest BCUT2D eigenvalue weighted by Crippen LogP contribution is -2.42. The average molecular weight is 491 g/mol. The van der Waals surface area contributed by atoms with E-state index in [4.69, 9.17) is 9.72 Å². The Morgan fingerprint density at radius 3 is 2.58 bits per heavy atom. The van der Waals surface area contributed by atoms with E-state index in [1.54, 1.807) is 4.90 Å². The van der Waals surface area contributed by atoms with Gasteiger partial charge in [-0.25, -0.2) is 9.78 Å². The molecule has 2 N–H and O–H groups in total. The van der Waals surface area contributed by atoms with E-state index in [0.717, 1.165) is 79.0 Å². The van der Waals surface area contributed by atoms with Gasteiger partial charge in [0.2, 0.25) is 0 Å². The summed E-state index contributed by atoms with van der Waals surface area (Å²) >= 11 is 0. The first-order chi connectivity index (χ1) is 17.5. The minimum absolute atomic E-state index is 0.0353. The van der Waals surface area contributed by atoms with Gasteiger partial charge in [-0.3, -0.25) is 9.69 Å². The zero-order chi connectivity index (χ0) is 25.2. The molecule has 190 valence electrons. The minimum atomic E-state index is -0.852. The number of anilines is 1. The van der Waals surface area contributed by atoms with E-state index in [2.05, 4.69) is 9.88 Å². The van der Waals surface area contributed by atoms with E-state index in [0.29, 0.717) is 12.3 Å². The maximum Gasteiger partial charge on any atom is 0.414 e. The van der Waals surface area contributed by atoms with Crippen LogP contribution >= 0.6 is 0 Å². The van der Waals surface area contributed by atoms with Crippen LogP contribution in [0.2, 0.25) is 0 Å². The number of carbonyl (C=O) groups excluding carboxylic acids is 1. The number of aryl methyl sites for hydroxylation is 1. The third-order valence-electron chi connectivity index (χ3n) is 7.75. The summed E-state index contributed by atoms with van der Waals surface area (Å²) in [6, 6.07) is 13.5. The SMILES string of the molecule is COC(=O)N1c2ccc3c(nc(C[C@H](C(=O)O)c4ccccc4)n3CC3CCNCC3)c2CC[C@@H]1C. The van der Waals surface area contributed by atoms with Crippen LogP contribution in [0.5, 0.6) is 0 Å². The Morgan fingerprint density at radius 1 is 1.14 bits per heavy atom. The quantitative estimate of drug-likeness (QED) is 0.533. The van der Waals surface area contributed by atoms with Gasteiger partial charge in [-0.15, -0.1) is 0 Å². The number of ether oxygens (including phenoxy) is 1. The van der Waals surface area contributed by atoms with E-state index >= 15 is 0 Å². The van der Waals surface area contributed by atoms with Crippen molar-refractivity contribution < 1.29 is 19.4 Å². The molecule has 1 amide bonds. The van der Waals surface area contributed by atoms with Gasteiger partial charge in [0.05, 0.1) is 29.7 Å². The van der Waals surface area contributed by atoms with Gasteiger partial charge >= 0.3 is 12.1 Å². The first-order valence-electron chi connectivity index (χ1n) is 12.8. The monoisotopic (exact) mass is 490 g/mol. The number of carboxylic acid groups (broad SMARTS) is 1. The zero-order valence-corrected chi connectivity index (χ0v) is 20.9. The van der Waals surface area contributed by atoms with E-state index in [9.17, 15) is 14.7 Å². The molecule has 0 saturated carbocycles. The number of aliphatic carboxylic acids is 1. The van der Waals surface area contributed by atoms with Crippen LogP contribution in [0.1, 0.15) is 49.1 Å². The predicted molar refractivity (Wildman–Crippen MR) is 139 cm³/mol. The van der Waals surface area contributed by atoms with Gasteiger partial charge in [0.25, 0.3) is 0 Å². The van der Waals surface area contributed by atoms with Crippen LogP contribution in [0.25, 0.3) is 11.0 Å². The normalized spacial score (nSPS) is 19.2. The lowest BCUT2D eigenvalue weighted by molar-refractivity contribution is -0.138. The molecule has 36 heavy (non-hydrogen) atoms. The molecule has 1 aromatic heterocycles. The van der Waals surface area contributed by atoms with E-state index in [1.165, 1.54) is 7.11 Å². The van der Waals surface area contributed by atoms with Crippen molar-refractivity contribution in [3.8, 4) is 0 Å². The second-order valence-electron chi connectivity index (χ2n) is 10.00. The number of methoxy groups -OCH3 is 1. The van der Waals surface area contributed by atoms with Gasteiger partial charge in [-0.2, -0.15) is 0 Å². The first-order valence-corrected chi connectivity index (χ1v) is 12.8. The number of benzene rings is 2. The molecule has 0 radical (unpaired) electrons. The molecule has 3 heterocycles. The summed E-state index contributed by atoms with van der Waals surface area (Å²) in [6.07, 6.45) is 3.74. The molecule has 2 aromatic carbocycles. The van der Waals surface area contributed by atoms with Crippen LogP contribution in [-0.4, -0.2) is 53.0 Å². The highest BCUT2D eigenvalue weighted by molar-refractivity contribution is 5.95. The Morgan fingerprint density at radius 2 is 1.89 bits per heavy atom. The lowest BCUT2D eigenvalue weighted by Gasteiger charge is -2.34. The number of aromatic nitrogens is 2. The summed E-state index contributed by atoms with van der Waals surface area (Å²) in [5, 5.41) is 13.5. The molecule has 1 saturated heterocycles. The molecule has 2 atom stereocenters. The molecule has 0 aliphatic carbocycles. The Labute approximate surface area is 211 Å². The van der Waals surface area contributed by atoms with Gasteiger partial charge in [0, 0.05) is 24.6 Å². The number of hydrogen-bond acceptors (Lipinski definition) is 5. The molecule has 2 aliphatic heterocycles. The first kappa shape index (κ1) is 24.3. The van der Waals surface area contributed by atoms with Crippen molar-refractivity contribution in [3.63, 3.8) is 0 Å². The molecule has 1 fully saturated rings. The number of carbonyl (C=O) groups is 2. The van der Waals surface area contributed by atoms with Crippen molar-refractivity contribution in [1.29, 1.82) is 0 Å². The van der Waals surface area contributed by atoms with Crippen molar-refractivity contribution in [2.45, 2.75) is 57.5 Å². The summed E-state index contributed by atoms with van der Waals surface area (Å²) in [7, 11) is 1.41. The fourth-order valence-electron chi connectivity index (χ4n) is 5.75. The number of carboxylic acids is 1. The molecular weight excluding hydrogens is 456 g/mol. The van der Waals surface area contributed by atoms with E-state index < -0.39 is 11.9 Å². The largest absolute Gasteiger partial charge is 0.481 e. The molecule has 2 aliphatic rings. The Hall–Kier alpha value is -3.39. The predicted octanol–water partition coefficient (Wildman–Crippen LogP) is 4.35. The van der Waals surface area contributed by atoms with Gasteiger partial charge < -0.3 is 19.7 Å². The molecule has 3 aromatic rings. The minimum Gasteiger partial charge on any atom is -0.481 e.